The molecule has 0 aliphatic carbocycles. The lowest BCUT2D eigenvalue weighted by atomic mass is 10.1. The first-order chi connectivity index (χ1) is 9.45. The molecule has 0 bridgehead atoms. The van der Waals surface area contributed by atoms with E-state index in [1.54, 1.807) is 22.9 Å². The van der Waals surface area contributed by atoms with E-state index in [9.17, 15) is 4.39 Å². The molecule has 0 amide bonds. The predicted molar refractivity (Wildman–Crippen MR) is 78.0 cm³/mol. The fourth-order valence-electron chi connectivity index (χ4n) is 2.44. The summed E-state index contributed by atoms with van der Waals surface area (Å²) in [6.45, 7) is 6.14. The lowest BCUT2D eigenvalue weighted by Gasteiger charge is -2.09. The summed E-state index contributed by atoms with van der Waals surface area (Å²) in [7, 11) is 1.46. The first-order valence-electron chi connectivity index (χ1n) is 6.45. The van der Waals surface area contributed by atoms with Crippen molar-refractivity contribution < 1.29 is 9.13 Å². The summed E-state index contributed by atoms with van der Waals surface area (Å²) < 4.78 is 20.9. The van der Waals surface area contributed by atoms with Crippen LogP contribution < -0.4 is 4.74 Å². The number of aryl methyl sites for hydroxylation is 1. The maximum atomic E-state index is 14.2. The van der Waals surface area contributed by atoms with Crippen LogP contribution in [0.25, 0.3) is 0 Å². The second-order valence-corrected chi connectivity index (χ2v) is 5.45. The number of alkyl halides is 1. The van der Waals surface area contributed by atoms with Crippen molar-refractivity contribution in [3.05, 3.63) is 46.5 Å². The minimum absolute atomic E-state index is 0.112. The molecule has 1 aromatic carbocycles. The monoisotopic (exact) mass is 296 g/mol. The number of benzene rings is 1. The van der Waals surface area contributed by atoms with Gasteiger partial charge in [0.05, 0.1) is 24.7 Å². The maximum Gasteiger partial charge on any atom is 0.170 e. The normalized spacial score (nSPS) is 12.5. The van der Waals surface area contributed by atoms with Crippen molar-refractivity contribution in [2.45, 2.75) is 32.7 Å². The van der Waals surface area contributed by atoms with Crippen molar-refractivity contribution in [2.24, 2.45) is 0 Å². The summed E-state index contributed by atoms with van der Waals surface area (Å²) in [4.78, 5) is 0. The zero-order chi connectivity index (χ0) is 14.9. The third-order valence-corrected chi connectivity index (χ3v) is 3.64. The molecule has 2 aromatic rings. The SMILES string of the molecule is COc1cccc(Cn2nc(C)c(C(C)Cl)c2C)c1F. The first kappa shape index (κ1) is 14.9. The molecule has 0 aliphatic rings. The smallest absolute Gasteiger partial charge is 0.170 e. The van der Waals surface area contributed by atoms with Crippen LogP contribution in [0.4, 0.5) is 4.39 Å². The summed E-state index contributed by atoms with van der Waals surface area (Å²) in [6.07, 6.45) is 0. The van der Waals surface area contributed by atoms with Gasteiger partial charge in [-0.1, -0.05) is 12.1 Å². The van der Waals surface area contributed by atoms with Crippen molar-refractivity contribution in [2.75, 3.05) is 7.11 Å². The van der Waals surface area contributed by atoms with Crippen molar-refractivity contribution in [1.82, 2.24) is 9.78 Å². The molecule has 0 fully saturated rings. The Bertz CT molecular complexity index is 623. The van der Waals surface area contributed by atoms with Gasteiger partial charge in [0.15, 0.2) is 11.6 Å². The highest BCUT2D eigenvalue weighted by Crippen LogP contribution is 2.27. The highest BCUT2D eigenvalue weighted by atomic mass is 35.5. The van der Waals surface area contributed by atoms with Gasteiger partial charge < -0.3 is 4.74 Å². The Hall–Kier alpha value is -1.55. The van der Waals surface area contributed by atoms with Gasteiger partial charge in [0.2, 0.25) is 0 Å². The van der Waals surface area contributed by atoms with Crippen LogP contribution in [0.5, 0.6) is 5.75 Å². The topological polar surface area (TPSA) is 27.1 Å². The average molecular weight is 297 g/mol. The van der Waals surface area contributed by atoms with E-state index < -0.39 is 0 Å². The summed E-state index contributed by atoms with van der Waals surface area (Å²) in [6, 6.07) is 5.11. The van der Waals surface area contributed by atoms with Crippen molar-refractivity contribution >= 4 is 11.6 Å². The number of methoxy groups -OCH3 is 1. The maximum absolute atomic E-state index is 14.2. The quantitative estimate of drug-likeness (QED) is 0.798. The van der Waals surface area contributed by atoms with Gasteiger partial charge in [-0.3, -0.25) is 4.68 Å². The molecule has 1 aromatic heterocycles. The Labute approximate surface area is 123 Å². The highest BCUT2D eigenvalue weighted by molar-refractivity contribution is 6.20. The fraction of sp³-hybridized carbons (Fsp3) is 0.400. The third kappa shape index (κ3) is 2.66. The average Bonchev–Trinajstić information content (AvgIpc) is 2.67. The van der Waals surface area contributed by atoms with E-state index >= 15 is 0 Å². The van der Waals surface area contributed by atoms with E-state index in [1.807, 2.05) is 20.8 Å². The van der Waals surface area contributed by atoms with Crippen molar-refractivity contribution in [1.29, 1.82) is 0 Å². The van der Waals surface area contributed by atoms with Gasteiger partial charge in [-0.05, 0) is 26.8 Å². The number of aromatic nitrogens is 2. The second kappa shape index (κ2) is 5.83. The van der Waals surface area contributed by atoms with Crippen LogP contribution in [-0.2, 0) is 6.54 Å². The summed E-state index contributed by atoms with van der Waals surface area (Å²) in [5, 5.41) is 4.34. The van der Waals surface area contributed by atoms with E-state index in [4.69, 9.17) is 16.3 Å². The Morgan fingerprint density at radius 2 is 2.10 bits per heavy atom. The lowest BCUT2D eigenvalue weighted by molar-refractivity contribution is 0.383. The van der Waals surface area contributed by atoms with Gasteiger partial charge >= 0.3 is 0 Å². The molecule has 3 nitrogen and oxygen atoms in total. The Kier molecular flexibility index (Phi) is 4.33. The lowest BCUT2D eigenvalue weighted by Crippen LogP contribution is -2.07. The van der Waals surface area contributed by atoms with E-state index in [0.717, 1.165) is 17.0 Å². The molecule has 20 heavy (non-hydrogen) atoms. The van der Waals surface area contributed by atoms with Gasteiger partial charge in [-0.15, -0.1) is 11.6 Å². The molecular weight excluding hydrogens is 279 g/mol. The first-order valence-corrected chi connectivity index (χ1v) is 6.88. The zero-order valence-corrected chi connectivity index (χ0v) is 12.8. The largest absolute Gasteiger partial charge is 0.494 e. The molecule has 0 aliphatic heterocycles. The molecule has 0 N–H and O–H groups in total. The van der Waals surface area contributed by atoms with Gasteiger partial charge in [0, 0.05) is 16.8 Å². The Morgan fingerprint density at radius 3 is 2.65 bits per heavy atom. The van der Waals surface area contributed by atoms with Crippen LogP contribution in [0.15, 0.2) is 18.2 Å². The van der Waals surface area contributed by atoms with Crippen LogP contribution in [0.3, 0.4) is 0 Å². The van der Waals surface area contributed by atoms with Gasteiger partial charge in [0.25, 0.3) is 0 Å². The van der Waals surface area contributed by atoms with Crippen LogP contribution in [0.2, 0.25) is 0 Å². The van der Waals surface area contributed by atoms with Gasteiger partial charge in [-0.2, -0.15) is 5.10 Å². The fourth-order valence-corrected chi connectivity index (χ4v) is 2.75. The number of ether oxygens (including phenoxy) is 1. The number of halogens is 2. The summed E-state index contributed by atoms with van der Waals surface area (Å²) in [5.41, 5.74) is 3.40. The zero-order valence-electron chi connectivity index (χ0n) is 12.1. The highest BCUT2D eigenvalue weighted by Gasteiger charge is 2.17. The number of nitrogens with zero attached hydrogens (tertiary/aromatic N) is 2. The van der Waals surface area contributed by atoms with Gasteiger partial charge in [-0.25, -0.2) is 4.39 Å². The minimum Gasteiger partial charge on any atom is -0.494 e. The van der Waals surface area contributed by atoms with Crippen LogP contribution >= 0.6 is 11.6 Å². The Balaban J connectivity index is 2.38. The summed E-state index contributed by atoms with van der Waals surface area (Å²) >= 11 is 6.16. The second-order valence-electron chi connectivity index (χ2n) is 4.79. The number of hydrogen-bond donors (Lipinski definition) is 0. The molecule has 0 spiro atoms. The van der Waals surface area contributed by atoms with E-state index in [2.05, 4.69) is 5.10 Å². The molecular formula is C15H18ClFN2O. The van der Waals surface area contributed by atoms with Crippen LogP contribution in [0, 0.1) is 19.7 Å². The number of hydrogen-bond acceptors (Lipinski definition) is 2. The van der Waals surface area contributed by atoms with Crippen molar-refractivity contribution in [3.8, 4) is 5.75 Å². The standard InChI is InChI=1S/C15H18ClFN2O/c1-9(16)14-10(2)18-19(11(14)3)8-12-6-5-7-13(20-4)15(12)17/h5-7,9H,8H2,1-4H3. The molecule has 2 rings (SSSR count). The van der Waals surface area contributed by atoms with Gasteiger partial charge in [0.1, 0.15) is 0 Å². The summed E-state index contributed by atoms with van der Waals surface area (Å²) in [5.74, 6) is -0.0991. The molecule has 0 saturated heterocycles. The Morgan fingerprint density at radius 1 is 1.40 bits per heavy atom. The van der Waals surface area contributed by atoms with Crippen LogP contribution in [0.1, 0.15) is 34.8 Å². The molecule has 0 radical (unpaired) electrons. The third-order valence-electron chi connectivity index (χ3n) is 3.42. The molecule has 0 saturated carbocycles. The number of rotatable bonds is 4. The van der Waals surface area contributed by atoms with E-state index in [1.165, 1.54) is 7.11 Å². The molecule has 1 atom stereocenters. The van der Waals surface area contributed by atoms with E-state index in [0.29, 0.717) is 12.1 Å². The molecule has 5 heteroatoms. The van der Waals surface area contributed by atoms with E-state index in [-0.39, 0.29) is 16.9 Å². The minimum atomic E-state index is -0.344. The molecule has 1 heterocycles. The van der Waals surface area contributed by atoms with Crippen molar-refractivity contribution in [3.63, 3.8) is 0 Å². The molecule has 108 valence electrons. The molecule has 1 unspecified atom stereocenters. The predicted octanol–water partition coefficient (Wildman–Crippen LogP) is 4.00. The van der Waals surface area contributed by atoms with Crippen LogP contribution in [-0.4, -0.2) is 16.9 Å².